The number of pyridine rings is 1. The second-order valence-corrected chi connectivity index (χ2v) is 5.26. The van der Waals surface area contributed by atoms with Gasteiger partial charge in [0.05, 0.1) is 11.1 Å². The topological polar surface area (TPSA) is 45.2 Å². The highest BCUT2D eigenvalue weighted by Gasteiger charge is 2.24. The quantitative estimate of drug-likeness (QED) is 0.907. The smallest absolute Gasteiger partial charge is 0.256 e. The van der Waals surface area contributed by atoms with Gasteiger partial charge in [0.15, 0.2) is 0 Å². The van der Waals surface area contributed by atoms with Gasteiger partial charge in [-0.2, -0.15) is 0 Å². The standard InChI is InChI=1S/C16H19N3O/c1-17-13-7-4-10-19(11-13)16(20)14-8-2-5-12-6-3-9-18-15(12)14/h2-3,5-6,8-9,13,17H,4,7,10-11H2,1H3. The van der Waals surface area contributed by atoms with Crippen molar-refractivity contribution in [3.05, 3.63) is 42.1 Å². The number of nitrogens with one attached hydrogen (secondary N) is 1. The highest BCUT2D eigenvalue weighted by molar-refractivity contribution is 6.05. The fourth-order valence-electron chi connectivity index (χ4n) is 2.84. The predicted octanol–water partition coefficient (Wildman–Crippen LogP) is 2.06. The molecule has 0 radical (unpaired) electrons. The lowest BCUT2D eigenvalue weighted by Gasteiger charge is -2.32. The van der Waals surface area contributed by atoms with Gasteiger partial charge < -0.3 is 10.2 Å². The first-order valence-electron chi connectivity index (χ1n) is 7.10. The number of fused-ring (bicyclic) bond motifs is 1. The van der Waals surface area contributed by atoms with Crippen molar-refractivity contribution in [3.63, 3.8) is 0 Å². The van der Waals surface area contributed by atoms with Gasteiger partial charge in [-0.25, -0.2) is 0 Å². The lowest BCUT2D eigenvalue weighted by Crippen LogP contribution is -2.47. The van der Waals surface area contributed by atoms with Crippen molar-refractivity contribution in [3.8, 4) is 0 Å². The molecular weight excluding hydrogens is 250 g/mol. The summed E-state index contributed by atoms with van der Waals surface area (Å²) in [7, 11) is 1.96. The molecule has 0 bridgehead atoms. The summed E-state index contributed by atoms with van der Waals surface area (Å²) in [5.41, 5.74) is 1.51. The van der Waals surface area contributed by atoms with Crippen LogP contribution < -0.4 is 5.32 Å². The molecule has 1 aliphatic heterocycles. The first-order chi connectivity index (χ1) is 9.79. The summed E-state index contributed by atoms with van der Waals surface area (Å²) in [6, 6.07) is 10.1. The van der Waals surface area contributed by atoms with Gasteiger partial charge in [0.1, 0.15) is 0 Å². The average molecular weight is 269 g/mol. The number of benzene rings is 1. The highest BCUT2D eigenvalue weighted by atomic mass is 16.2. The molecule has 1 aromatic heterocycles. The van der Waals surface area contributed by atoms with Crippen molar-refractivity contribution in [2.24, 2.45) is 0 Å². The van der Waals surface area contributed by atoms with Crippen molar-refractivity contribution in [2.75, 3.05) is 20.1 Å². The summed E-state index contributed by atoms with van der Waals surface area (Å²) in [6.07, 6.45) is 3.93. The summed E-state index contributed by atoms with van der Waals surface area (Å²) in [6.45, 7) is 1.61. The average Bonchev–Trinajstić information content (AvgIpc) is 2.53. The highest BCUT2D eigenvalue weighted by Crippen LogP contribution is 2.20. The van der Waals surface area contributed by atoms with Gasteiger partial charge in [-0.1, -0.05) is 18.2 Å². The van der Waals surface area contributed by atoms with E-state index in [1.165, 1.54) is 0 Å². The van der Waals surface area contributed by atoms with E-state index in [9.17, 15) is 4.79 Å². The van der Waals surface area contributed by atoms with Gasteiger partial charge in [0, 0.05) is 30.7 Å². The van der Waals surface area contributed by atoms with Gasteiger partial charge in [-0.05, 0) is 32.0 Å². The van der Waals surface area contributed by atoms with E-state index in [0.29, 0.717) is 11.6 Å². The molecule has 1 atom stereocenters. The van der Waals surface area contributed by atoms with Crippen LogP contribution in [0.2, 0.25) is 0 Å². The van der Waals surface area contributed by atoms with Crippen LogP contribution in [0.5, 0.6) is 0 Å². The Morgan fingerprint density at radius 1 is 1.35 bits per heavy atom. The maximum atomic E-state index is 12.7. The summed E-state index contributed by atoms with van der Waals surface area (Å²) in [5, 5.41) is 4.28. The Bertz CT molecular complexity index is 621. The summed E-state index contributed by atoms with van der Waals surface area (Å²) in [4.78, 5) is 19.0. The minimum atomic E-state index is 0.0919. The molecule has 0 saturated carbocycles. The maximum absolute atomic E-state index is 12.7. The SMILES string of the molecule is CNC1CCCN(C(=O)c2cccc3cccnc23)C1. The van der Waals surface area contributed by atoms with Crippen molar-refractivity contribution in [1.29, 1.82) is 0 Å². The zero-order chi connectivity index (χ0) is 13.9. The van der Waals surface area contributed by atoms with E-state index in [1.54, 1.807) is 6.20 Å². The van der Waals surface area contributed by atoms with E-state index in [0.717, 1.165) is 36.8 Å². The third-order valence-electron chi connectivity index (χ3n) is 3.98. The number of aromatic nitrogens is 1. The molecule has 3 rings (SSSR count). The molecule has 2 heterocycles. The monoisotopic (exact) mass is 269 g/mol. The number of piperidine rings is 1. The second kappa shape index (κ2) is 5.59. The zero-order valence-corrected chi connectivity index (χ0v) is 11.7. The van der Waals surface area contributed by atoms with Gasteiger partial charge in [-0.3, -0.25) is 9.78 Å². The minimum absolute atomic E-state index is 0.0919. The number of carbonyl (C=O) groups excluding carboxylic acids is 1. The molecule has 1 unspecified atom stereocenters. The van der Waals surface area contributed by atoms with Crippen molar-refractivity contribution >= 4 is 16.8 Å². The number of likely N-dealkylation sites (tertiary alicyclic amines) is 1. The maximum Gasteiger partial charge on any atom is 0.256 e. The molecule has 1 saturated heterocycles. The lowest BCUT2D eigenvalue weighted by molar-refractivity contribution is 0.0700. The summed E-state index contributed by atoms with van der Waals surface area (Å²) < 4.78 is 0. The van der Waals surface area contributed by atoms with Crippen molar-refractivity contribution in [2.45, 2.75) is 18.9 Å². The van der Waals surface area contributed by atoms with Crippen LogP contribution in [-0.4, -0.2) is 42.0 Å². The molecule has 1 aliphatic rings. The number of hydrogen-bond donors (Lipinski definition) is 1. The fourth-order valence-corrected chi connectivity index (χ4v) is 2.84. The van der Waals surface area contributed by atoms with Crippen LogP contribution in [0.1, 0.15) is 23.2 Å². The molecule has 1 N–H and O–H groups in total. The molecule has 1 amide bonds. The van der Waals surface area contributed by atoms with Gasteiger partial charge in [-0.15, -0.1) is 0 Å². The Kier molecular flexibility index (Phi) is 3.65. The molecule has 20 heavy (non-hydrogen) atoms. The van der Waals surface area contributed by atoms with Crippen LogP contribution in [-0.2, 0) is 0 Å². The number of likely N-dealkylation sites (N-methyl/N-ethyl adjacent to an activating group) is 1. The first kappa shape index (κ1) is 13.1. The van der Waals surface area contributed by atoms with E-state index in [2.05, 4.69) is 10.3 Å². The molecule has 4 heteroatoms. The Hall–Kier alpha value is -1.94. The molecule has 1 aromatic carbocycles. The van der Waals surface area contributed by atoms with E-state index in [1.807, 2.05) is 42.3 Å². The molecule has 104 valence electrons. The number of amides is 1. The van der Waals surface area contributed by atoms with Crippen molar-refractivity contribution < 1.29 is 4.79 Å². The number of nitrogens with zero attached hydrogens (tertiary/aromatic N) is 2. The number of hydrogen-bond acceptors (Lipinski definition) is 3. The van der Waals surface area contributed by atoms with Gasteiger partial charge >= 0.3 is 0 Å². The molecule has 0 aliphatic carbocycles. The number of para-hydroxylation sites is 1. The molecule has 0 spiro atoms. The largest absolute Gasteiger partial charge is 0.337 e. The fraction of sp³-hybridized carbons (Fsp3) is 0.375. The van der Waals surface area contributed by atoms with E-state index < -0.39 is 0 Å². The summed E-state index contributed by atoms with van der Waals surface area (Å²) in [5.74, 6) is 0.0919. The van der Waals surface area contributed by atoms with Crippen LogP contribution in [0.25, 0.3) is 10.9 Å². The van der Waals surface area contributed by atoms with Crippen LogP contribution in [0.4, 0.5) is 0 Å². The summed E-state index contributed by atoms with van der Waals surface area (Å²) >= 11 is 0. The molecule has 4 nitrogen and oxygen atoms in total. The van der Waals surface area contributed by atoms with Crippen LogP contribution >= 0.6 is 0 Å². The molecule has 1 fully saturated rings. The van der Waals surface area contributed by atoms with E-state index in [4.69, 9.17) is 0 Å². The normalized spacial score (nSPS) is 19.2. The lowest BCUT2D eigenvalue weighted by atomic mass is 10.0. The third-order valence-corrected chi connectivity index (χ3v) is 3.98. The number of carbonyl (C=O) groups is 1. The zero-order valence-electron chi connectivity index (χ0n) is 11.7. The number of rotatable bonds is 2. The Balaban J connectivity index is 1.92. The van der Waals surface area contributed by atoms with Crippen LogP contribution in [0.15, 0.2) is 36.5 Å². The molecular formula is C16H19N3O. The van der Waals surface area contributed by atoms with Gasteiger partial charge in [0.25, 0.3) is 5.91 Å². The van der Waals surface area contributed by atoms with Crippen LogP contribution in [0, 0.1) is 0 Å². The van der Waals surface area contributed by atoms with Gasteiger partial charge in [0.2, 0.25) is 0 Å². The Morgan fingerprint density at radius 2 is 2.20 bits per heavy atom. The van der Waals surface area contributed by atoms with E-state index in [-0.39, 0.29) is 5.91 Å². The van der Waals surface area contributed by atoms with E-state index >= 15 is 0 Å². The molecule has 2 aromatic rings. The third kappa shape index (κ3) is 2.39. The van der Waals surface area contributed by atoms with Crippen molar-refractivity contribution in [1.82, 2.24) is 15.2 Å². The van der Waals surface area contributed by atoms with Crippen LogP contribution in [0.3, 0.4) is 0 Å². The Morgan fingerprint density at radius 3 is 3.05 bits per heavy atom. The Labute approximate surface area is 118 Å². The second-order valence-electron chi connectivity index (χ2n) is 5.26. The minimum Gasteiger partial charge on any atom is -0.337 e. The predicted molar refractivity (Wildman–Crippen MR) is 79.7 cm³/mol. The first-order valence-corrected chi connectivity index (χ1v) is 7.10.